The molecule has 1 aromatic carbocycles. The van der Waals surface area contributed by atoms with Crippen molar-refractivity contribution in [3.05, 3.63) is 35.2 Å². The standard InChI is InChI=1S/C15H16F3S.ClHO4/c16-15(17,18)19-13-9-5-4-8-12(13)10-14(19)11-6-2-1-3-7-11;2-1(3,4)5/h4-5,8-11H,1-3,6-7H2;(H,2,3,4,5)/q+1;/p-1. The third kappa shape index (κ3) is 5.30. The Morgan fingerprint density at radius 1 is 0.958 bits per heavy atom. The van der Waals surface area contributed by atoms with E-state index in [9.17, 15) is 13.2 Å². The Hall–Kier alpha value is -0.900. The summed E-state index contributed by atoms with van der Waals surface area (Å²) in [5.41, 5.74) is -4.14. The Balaban J connectivity index is 0.000000368. The van der Waals surface area contributed by atoms with Crippen LogP contribution in [0, 0.1) is 10.2 Å². The fourth-order valence-corrected chi connectivity index (χ4v) is 5.22. The summed E-state index contributed by atoms with van der Waals surface area (Å²) in [5.74, 6) is 0.131. The zero-order valence-electron chi connectivity index (χ0n) is 12.6. The minimum absolute atomic E-state index is 0.131. The van der Waals surface area contributed by atoms with Crippen LogP contribution in [0.25, 0.3) is 10.1 Å². The summed E-state index contributed by atoms with van der Waals surface area (Å²) in [6, 6.07) is 8.77. The predicted molar refractivity (Wildman–Crippen MR) is 73.6 cm³/mol. The van der Waals surface area contributed by atoms with Gasteiger partial charge in [0.1, 0.15) is 0 Å². The van der Waals surface area contributed by atoms with Gasteiger partial charge >= 0.3 is 5.51 Å². The van der Waals surface area contributed by atoms with Crippen molar-refractivity contribution in [3.63, 3.8) is 0 Å². The number of rotatable bonds is 1. The Morgan fingerprint density at radius 2 is 1.50 bits per heavy atom. The maximum absolute atomic E-state index is 13.4. The summed E-state index contributed by atoms with van der Waals surface area (Å²) in [7, 11) is -6.64. The van der Waals surface area contributed by atoms with Crippen LogP contribution in [0.15, 0.2) is 30.3 Å². The van der Waals surface area contributed by atoms with E-state index < -0.39 is 26.2 Å². The lowest BCUT2D eigenvalue weighted by molar-refractivity contribution is -2.00. The maximum atomic E-state index is 13.4. The van der Waals surface area contributed by atoms with E-state index in [-0.39, 0.29) is 5.92 Å². The summed E-state index contributed by atoms with van der Waals surface area (Å²) in [6.07, 6.45) is 5.12. The van der Waals surface area contributed by atoms with Crippen LogP contribution in [-0.2, 0) is 5.51 Å². The highest BCUT2D eigenvalue weighted by Gasteiger charge is 2.49. The summed E-state index contributed by atoms with van der Waals surface area (Å²) >= 11 is 0. The lowest BCUT2D eigenvalue weighted by atomic mass is 9.88. The van der Waals surface area contributed by atoms with Crippen LogP contribution < -0.4 is 18.6 Å². The largest absolute Gasteiger partial charge is 0.600 e. The van der Waals surface area contributed by atoms with Crippen LogP contribution in [0.5, 0.6) is 0 Å². The molecule has 1 saturated carbocycles. The normalized spacial score (nSPS) is 17.5. The minimum Gasteiger partial charge on any atom is -0.222 e. The van der Waals surface area contributed by atoms with E-state index in [0.717, 1.165) is 37.5 Å². The summed E-state index contributed by atoms with van der Waals surface area (Å²) in [4.78, 5) is 0.633. The molecule has 1 heterocycles. The molecule has 24 heavy (non-hydrogen) atoms. The average molecular weight is 385 g/mol. The van der Waals surface area contributed by atoms with Gasteiger partial charge in [0, 0.05) is 17.4 Å². The molecule has 4 nitrogen and oxygen atoms in total. The van der Waals surface area contributed by atoms with E-state index in [0.29, 0.717) is 9.58 Å². The fourth-order valence-electron chi connectivity index (χ4n) is 3.05. The van der Waals surface area contributed by atoms with Crippen molar-refractivity contribution >= 4 is 20.6 Å². The first kappa shape index (κ1) is 19.4. The second-order valence-electron chi connectivity index (χ2n) is 5.55. The second-order valence-corrected chi connectivity index (χ2v) is 8.29. The summed E-state index contributed by atoms with van der Waals surface area (Å²) in [6.45, 7) is 0. The number of hydrogen-bond acceptors (Lipinski definition) is 4. The maximum Gasteiger partial charge on any atom is 0.600 e. The van der Waals surface area contributed by atoms with Gasteiger partial charge in [0.2, 0.25) is 0 Å². The topological polar surface area (TPSA) is 92.2 Å². The number of hydrogen-bond donors (Lipinski definition) is 0. The molecular formula is C15H16ClF3O4S. The van der Waals surface area contributed by atoms with Gasteiger partial charge in [-0.25, -0.2) is 18.6 Å². The molecular weight excluding hydrogens is 369 g/mol. The van der Waals surface area contributed by atoms with Crippen molar-refractivity contribution in [2.45, 2.75) is 43.5 Å². The SMILES string of the molecule is FC(F)(F)[s+]1c(C2CCCCC2)cc2ccccc21.[O-][Cl+3]([O-])([O-])[O-]. The molecule has 0 amide bonds. The molecule has 2 aromatic rings. The lowest BCUT2D eigenvalue weighted by Gasteiger charge is -2.18. The van der Waals surface area contributed by atoms with Crippen molar-refractivity contribution in [1.29, 1.82) is 0 Å². The quantitative estimate of drug-likeness (QED) is 0.694. The third-order valence-electron chi connectivity index (χ3n) is 3.91. The van der Waals surface area contributed by atoms with E-state index in [1.54, 1.807) is 18.2 Å². The highest BCUT2D eigenvalue weighted by atomic mass is 35.7. The van der Waals surface area contributed by atoms with Crippen molar-refractivity contribution in [3.8, 4) is 0 Å². The van der Waals surface area contributed by atoms with Crippen LogP contribution in [0.3, 0.4) is 0 Å². The lowest BCUT2D eigenvalue weighted by Crippen LogP contribution is -2.68. The number of alkyl halides is 3. The smallest absolute Gasteiger partial charge is 0.222 e. The number of fused-ring (bicyclic) bond motifs is 1. The Kier molecular flexibility index (Phi) is 6.11. The molecule has 1 unspecified atom stereocenters. The molecule has 0 spiro atoms. The van der Waals surface area contributed by atoms with Gasteiger partial charge in [-0.05, 0) is 25.0 Å². The zero-order chi connectivity index (χ0) is 18.0. The number of thiophene rings is 1. The highest BCUT2D eigenvalue weighted by molar-refractivity contribution is 7.38. The third-order valence-corrected chi connectivity index (χ3v) is 6.11. The number of halogens is 4. The predicted octanol–water partition coefficient (Wildman–Crippen LogP) is 1.36. The first-order chi connectivity index (χ1) is 11.1. The van der Waals surface area contributed by atoms with E-state index in [4.69, 9.17) is 18.6 Å². The van der Waals surface area contributed by atoms with Crippen molar-refractivity contribution in [2.24, 2.45) is 0 Å². The summed E-state index contributed by atoms with van der Waals surface area (Å²) in [5, 5.41) is 0.767. The van der Waals surface area contributed by atoms with Crippen LogP contribution in [-0.4, -0.2) is 0 Å². The molecule has 0 bridgehead atoms. The first-order valence-electron chi connectivity index (χ1n) is 7.31. The Labute approximate surface area is 141 Å². The van der Waals surface area contributed by atoms with Crippen LogP contribution in [0.2, 0.25) is 0 Å². The van der Waals surface area contributed by atoms with Gasteiger partial charge in [-0.15, -0.1) is 23.4 Å². The molecule has 0 aliphatic heterocycles. The molecule has 1 aromatic heterocycles. The van der Waals surface area contributed by atoms with Crippen LogP contribution >= 0.6 is 10.5 Å². The first-order valence-corrected chi connectivity index (χ1v) is 9.77. The Morgan fingerprint density at radius 3 is 2.04 bits per heavy atom. The minimum atomic E-state index is -4.94. The monoisotopic (exact) mass is 384 g/mol. The highest BCUT2D eigenvalue weighted by Crippen LogP contribution is 2.54. The van der Waals surface area contributed by atoms with Gasteiger partial charge < -0.3 is 0 Å². The van der Waals surface area contributed by atoms with Gasteiger partial charge in [0.15, 0.2) is 9.58 Å². The van der Waals surface area contributed by atoms with Gasteiger partial charge in [-0.3, -0.25) is 0 Å². The van der Waals surface area contributed by atoms with E-state index >= 15 is 0 Å². The van der Waals surface area contributed by atoms with E-state index in [2.05, 4.69) is 0 Å². The summed E-state index contributed by atoms with van der Waals surface area (Å²) < 4.78 is 74.7. The van der Waals surface area contributed by atoms with Crippen LogP contribution in [0.1, 0.15) is 42.9 Å². The molecule has 0 N–H and O–H groups in total. The molecule has 1 atom stereocenters. The fraction of sp³-hybridized carbons (Fsp3) is 0.467. The molecule has 134 valence electrons. The van der Waals surface area contributed by atoms with Gasteiger partial charge in [0.25, 0.3) is 0 Å². The molecule has 1 aliphatic carbocycles. The average Bonchev–Trinajstić information content (AvgIpc) is 2.86. The van der Waals surface area contributed by atoms with Gasteiger partial charge in [-0.2, -0.15) is 0 Å². The van der Waals surface area contributed by atoms with Gasteiger partial charge in [0.05, 0.1) is 10.5 Å². The van der Waals surface area contributed by atoms with Crippen molar-refractivity contribution in [2.75, 3.05) is 0 Å². The second kappa shape index (κ2) is 7.55. The van der Waals surface area contributed by atoms with E-state index in [1.165, 1.54) is 0 Å². The molecule has 1 fully saturated rings. The van der Waals surface area contributed by atoms with Crippen molar-refractivity contribution in [1.82, 2.24) is 0 Å². The number of benzene rings is 1. The Bertz CT molecular complexity index is 669. The molecule has 9 heteroatoms. The molecule has 1 aliphatic rings. The van der Waals surface area contributed by atoms with Gasteiger partial charge in [-0.1, -0.05) is 31.4 Å². The van der Waals surface area contributed by atoms with Crippen LogP contribution in [0.4, 0.5) is 13.2 Å². The van der Waals surface area contributed by atoms with E-state index in [1.807, 2.05) is 12.1 Å². The molecule has 0 saturated heterocycles. The zero-order valence-corrected chi connectivity index (χ0v) is 14.1. The molecule has 3 rings (SSSR count). The molecule has 0 radical (unpaired) electrons. The van der Waals surface area contributed by atoms with Crippen molar-refractivity contribution < 1.29 is 42.1 Å².